The van der Waals surface area contributed by atoms with Crippen LogP contribution >= 0.6 is 15.9 Å². The smallest absolute Gasteiger partial charge is 0.291 e. The number of amides is 1. The Morgan fingerprint density at radius 3 is 2.59 bits per heavy atom. The summed E-state index contributed by atoms with van der Waals surface area (Å²) in [7, 11) is 0. The minimum absolute atomic E-state index is 0.279. The summed E-state index contributed by atoms with van der Waals surface area (Å²) in [5, 5.41) is 8.46. The highest BCUT2D eigenvalue weighted by atomic mass is 79.9. The van der Waals surface area contributed by atoms with Crippen LogP contribution in [0.15, 0.2) is 57.4 Å². The lowest BCUT2D eigenvalue weighted by Crippen LogP contribution is -2.13. The summed E-state index contributed by atoms with van der Waals surface area (Å²) in [5.41, 5.74) is 4.77. The van der Waals surface area contributed by atoms with Crippen LogP contribution < -0.4 is 5.32 Å². The summed E-state index contributed by atoms with van der Waals surface area (Å²) in [6, 6.07) is 15.5. The molecule has 0 spiro atoms. The van der Waals surface area contributed by atoms with E-state index in [-0.39, 0.29) is 5.91 Å². The number of hydrogen-bond acceptors (Lipinski definition) is 3. The zero-order chi connectivity index (χ0) is 19.1. The predicted octanol–water partition coefficient (Wildman–Crippen LogP) is 5.56. The van der Waals surface area contributed by atoms with E-state index in [0.717, 1.165) is 32.5 Å². The number of benzene rings is 2. The van der Waals surface area contributed by atoms with Crippen molar-refractivity contribution in [1.82, 2.24) is 9.78 Å². The lowest BCUT2D eigenvalue weighted by Gasteiger charge is -2.06. The second kappa shape index (κ2) is 6.70. The number of fused-ring (bicyclic) bond motifs is 1. The van der Waals surface area contributed by atoms with Crippen LogP contribution in [0.2, 0.25) is 0 Å². The number of aryl methyl sites for hydroxylation is 2. The van der Waals surface area contributed by atoms with Gasteiger partial charge in [0.25, 0.3) is 5.91 Å². The molecule has 0 aliphatic carbocycles. The molecule has 0 fully saturated rings. The van der Waals surface area contributed by atoms with Gasteiger partial charge in [0.05, 0.1) is 22.8 Å². The molecule has 5 nitrogen and oxygen atoms in total. The normalized spacial score (nSPS) is 11.1. The van der Waals surface area contributed by atoms with Gasteiger partial charge in [0, 0.05) is 15.4 Å². The van der Waals surface area contributed by atoms with Gasteiger partial charge in [-0.1, -0.05) is 34.1 Å². The molecular formula is C21H18BrN3O2. The number of aromatic nitrogens is 2. The molecule has 27 heavy (non-hydrogen) atoms. The lowest BCUT2D eigenvalue weighted by molar-refractivity contribution is 0.0997. The van der Waals surface area contributed by atoms with Crippen LogP contribution in [0.1, 0.15) is 27.5 Å². The van der Waals surface area contributed by atoms with Gasteiger partial charge in [-0.15, -0.1) is 0 Å². The van der Waals surface area contributed by atoms with Crippen LogP contribution in [0, 0.1) is 20.8 Å². The maximum atomic E-state index is 12.9. The molecule has 2 aromatic carbocycles. The van der Waals surface area contributed by atoms with Crippen LogP contribution in [0.25, 0.3) is 16.7 Å². The maximum Gasteiger partial charge on any atom is 0.291 e. The summed E-state index contributed by atoms with van der Waals surface area (Å²) in [6.45, 7) is 5.70. The van der Waals surface area contributed by atoms with E-state index in [4.69, 9.17) is 4.42 Å². The van der Waals surface area contributed by atoms with Crippen molar-refractivity contribution in [3.63, 3.8) is 0 Å². The van der Waals surface area contributed by atoms with Gasteiger partial charge in [0.1, 0.15) is 5.58 Å². The molecule has 4 rings (SSSR count). The first-order valence-corrected chi connectivity index (χ1v) is 9.36. The molecule has 0 aliphatic rings. The molecule has 6 heteroatoms. The minimum atomic E-state index is -0.279. The number of rotatable bonds is 3. The molecular weight excluding hydrogens is 406 g/mol. The fourth-order valence-corrected chi connectivity index (χ4v) is 3.59. The third-order valence-electron chi connectivity index (χ3n) is 4.64. The summed E-state index contributed by atoms with van der Waals surface area (Å²) < 4.78 is 8.57. The van der Waals surface area contributed by atoms with E-state index in [1.807, 2.05) is 74.0 Å². The van der Waals surface area contributed by atoms with Crippen LogP contribution in [0.4, 0.5) is 5.69 Å². The Labute approximate surface area is 165 Å². The maximum absolute atomic E-state index is 12.9. The Morgan fingerprint density at radius 1 is 1.11 bits per heavy atom. The number of furan rings is 1. The number of carbonyl (C=O) groups excluding carboxylic acids is 1. The molecule has 1 N–H and O–H groups in total. The first kappa shape index (κ1) is 17.5. The lowest BCUT2D eigenvalue weighted by atomic mass is 10.1. The van der Waals surface area contributed by atoms with Gasteiger partial charge in [0.2, 0.25) is 0 Å². The van der Waals surface area contributed by atoms with E-state index >= 15 is 0 Å². The Bertz CT molecular complexity index is 1160. The largest absolute Gasteiger partial charge is 0.451 e. The van der Waals surface area contributed by atoms with Crippen LogP contribution in [0.3, 0.4) is 0 Å². The van der Waals surface area contributed by atoms with Crippen LogP contribution in [0.5, 0.6) is 0 Å². The number of halogens is 1. The van der Waals surface area contributed by atoms with Gasteiger partial charge >= 0.3 is 0 Å². The van der Waals surface area contributed by atoms with Crippen molar-refractivity contribution in [2.75, 3.05) is 5.32 Å². The molecule has 1 amide bonds. The Hall–Kier alpha value is -2.86. The average Bonchev–Trinajstić information content (AvgIpc) is 3.14. The molecule has 2 heterocycles. The average molecular weight is 424 g/mol. The highest BCUT2D eigenvalue weighted by Crippen LogP contribution is 2.29. The first-order chi connectivity index (χ1) is 13.0. The van der Waals surface area contributed by atoms with E-state index in [9.17, 15) is 4.79 Å². The molecule has 0 saturated heterocycles. The van der Waals surface area contributed by atoms with Crippen LogP contribution in [-0.4, -0.2) is 15.7 Å². The minimum Gasteiger partial charge on any atom is -0.451 e. The quantitative estimate of drug-likeness (QED) is 0.469. The number of nitrogens with one attached hydrogen (secondary N) is 1. The Balaban J connectivity index is 1.70. The highest BCUT2D eigenvalue weighted by Gasteiger charge is 2.21. The molecule has 0 bridgehead atoms. The molecule has 136 valence electrons. The fraction of sp³-hybridized carbons (Fsp3) is 0.143. The third kappa shape index (κ3) is 3.06. The van der Waals surface area contributed by atoms with Gasteiger partial charge in [0.15, 0.2) is 5.76 Å². The summed E-state index contributed by atoms with van der Waals surface area (Å²) in [6.07, 6.45) is 0. The number of nitrogens with zero attached hydrogens (tertiary/aromatic N) is 2. The fourth-order valence-electron chi connectivity index (χ4n) is 3.22. The zero-order valence-electron chi connectivity index (χ0n) is 15.2. The summed E-state index contributed by atoms with van der Waals surface area (Å²) in [4.78, 5) is 12.9. The predicted molar refractivity (Wildman–Crippen MR) is 110 cm³/mol. The molecule has 0 saturated carbocycles. The molecule has 0 unspecified atom stereocenters. The highest BCUT2D eigenvalue weighted by molar-refractivity contribution is 9.10. The monoisotopic (exact) mass is 423 g/mol. The Kier molecular flexibility index (Phi) is 4.36. The second-order valence-corrected chi connectivity index (χ2v) is 7.36. The van der Waals surface area contributed by atoms with Crippen molar-refractivity contribution in [1.29, 1.82) is 0 Å². The number of carbonyl (C=O) groups is 1. The first-order valence-electron chi connectivity index (χ1n) is 8.57. The van der Waals surface area contributed by atoms with Crippen molar-refractivity contribution >= 4 is 38.5 Å². The van der Waals surface area contributed by atoms with E-state index in [1.165, 1.54) is 0 Å². The third-order valence-corrected chi connectivity index (χ3v) is 5.13. The van der Waals surface area contributed by atoms with E-state index in [2.05, 4.69) is 26.3 Å². The zero-order valence-corrected chi connectivity index (χ0v) is 16.8. The van der Waals surface area contributed by atoms with Crippen molar-refractivity contribution in [2.24, 2.45) is 0 Å². The van der Waals surface area contributed by atoms with Crippen molar-refractivity contribution < 1.29 is 9.21 Å². The topological polar surface area (TPSA) is 60.1 Å². The number of hydrogen-bond donors (Lipinski definition) is 1. The molecule has 2 aromatic heterocycles. The molecule has 0 aliphatic heterocycles. The summed E-state index contributed by atoms with van der Waals surface area (Å²) in [5.74, 6) is 0.0352. The van der Waals surface area contributed by atoms with E-state index in [1.54, 1.807) is 0 Å². The summed E-state index contributed by atoms with van der Waals surface area (Å²) >= 11 is 3.46. The van der Waals surface area contributed by atoms with Crippen molar-refractivity contribution in [3.05, 3.63) is 75.7 Å². The van der Waals surface area contributed by atoms with Gasteiger partial charge in [-0.25, -0.2) is 4.68 Å². The van der Waals surface area contributed by atoms with Gasteiger partial charge < -0.3 is 9.73 Å². The molecule has 4 aromatic rings. The van der Waals surface area contributed by atoms with Crippen molar-refractivity contribution in [3.8, 4) is 5.69 Å². The number of para-hydroxylation sites is 1. The van der Waals surface area contributed by atoms with Gasteiger partial charge in [-0.2, -0.15) is 5.10 Å². The van der Waals surface area contributed by atoms with E-state index < -0.39 is 0 Å². The van der Waals surface area contributed by atoms with Gasteiger partial charge in [-0.05, 0) is 51.1 Å². The Morgan fingerprint density at radius 2 is 1.85 bits per heavy atom. The van der Waals surface area contributed by atoms with Crippen molar-refractivity contribution in [2.45, 2.75) is 20.8 Å². The molecule has 0 atom stereocenters. The van der Waals surface area contributed by atoms with Crippen LogP contribution in [-0.2, 0) is 0 Å². The second-order valence-electron chi connectivity index (χ2n) is 6.44. The SMILES string of the molecule is Cc1nn(-c2ccccc2)c(C)c1NC(=O)c1oc2ccc(Br)cc2c1C. The van der Waals surface area contributed by atoms with Gasteiger partial charge in [-0.3, -0.25) is 4.79 Å². The molecule has 0 radical (unpaired) electrons. The van der Waals surface area contributed by atoms with E-state index in [0.29, 0.717) is 17.0 Å². The standard InChI is InChI=1S/C21H18BrN3O2/c1-12-17-11-15(22)9-10-18(17)27-20(12)21(26)23-19-13(2)24-25(14(19)3)16-7-5-4-6-8-16/h4-11H,1-3H3,(H,23,26). The number of anilines is 1.